The van der Waals surface area contributed by atoms with Gasteiger partial charge in [0.2, 0.25) is 11.7 Å². The van der Waals surface area contributed by atoms with E-state index in [9.17, 15) is 4.39 Å². The molecule has 0 radical (unpaired) electrons. The molecule has 1 saturated heterocycles. The average molecular weight is 348 g/mol. The second-order valence-electron chi connectivity index (χ2n) is 6.85. The van der Waals surface area contributed by atoms with Gasteiger partial charge in [0.15, 0.2) is 0 Å². The van der Waals surface area contributed by atoms with Crippen molar-refractivity contribution in [3.8, 4) is 11.4 Å². The van der Waals surface area contributed by atoms with E-state index < -0.39 is 0 Å². The molecule has 0 N–H and O–H groups in total. The van der Waals surface area contributed by atoms with Gasteiger partial charge in [-0.25, -0.2) is 4.39 Å². The van der Waals surface area contributed by atoms with Crippen molar-refractivity contribution < 1.29 is 13.7 Å². The Labute approximate surface area is 147 Å². The van der Waals surface area contributed by atoms with Gasteiger partial charge in [0.25, 0.3) is 0 Å². The van der Waals surface area contributed by atoms with Crippen molar-refractivity contribution in [3.05, 3.63) is 35.5 Å². The first-order valence-corrected chi connectivity index (χ1v) is 8.54. The number of rotatable bonds is 5. The number of ether oxygens (including phenoxy) is 1. The molecule has 0 bridgehead atoms. The minimum Gasteiger partial charge on any atom is -0.374 e. The zero-order valence-electron chi connectivity index (χ0n) is 15.2. The van der Waals surface area contributed by atoms with Crippen molar-refractivity contribution in [3.63, 3.8) is 0 Å². The minimum atomic E-state index is -0.267. The smallest absolute Gasteiger partial charge is 0.244 e. The van der Waals surface area contributed by atoms with E-state index >= 15 is 0 Å². The Morgan fingerprint density at radius 2 is 2.20 bits per heavy atom. The van der Waals surface area contributed by atoms with Crippen molar-refractivity contribution in [2.24, 2.45) is 0 Å². The van der Waals surface area contributed by atoms with Gasteiger partial charge in [-0.05, 0) is 39.6 Å². The number of likely N-dealkylation sites (N-methyl/N-ethyl adjacent to an activating group) is 1. The fourth-order valence-corrected chi connectivity index (χ4v) is 3.02. The maximum atomic E-state index is 13.8. The second kappa shape index (κ2) is 7.59. The Bertz CT molecular complexity index is 719. The minimum absolute atomic E-state index is 0.00916. The molecule has 6 nitrogen and oxygen atoms in total. The van der Waals surface area contributed by atoms with Crippen LogP contribution >= 0.6 is 0 Å². The highest BCUT2D eigenvalue weighted by Gasteiger charge is 2.28. The van der Waals surface area contributed by atoms with E-state index in [0.717, 1.165) is 19.6 Å². The Balaban J connectivity index is 1.71. The lowest BCUT2D eigenvalue weighted by atomic mass is 10.1. The van der Waals surface area contributed by atoms with E-state index in [4.69, 9.17) is 9.26 Å². The van der Waals surface area contributed by atoms with E-state index in [1.807, 2.05) is 21.0 Å². The lowest BCUT2D eigenvalue weighted by Gasteiger charge is -2.36. The molecule has 25 heavy (non-hydrogen) atoms. The normalized spacial score (nSPS) is 20.2. The molecule has 1 aliphatic heterocycles. The molecule has 3 rings (SSSR count). The summed E-state index contributed by atoms with van der Waals surface area (Å²) < 4.78 is 25.0. The lowest BCUT2D eigenvalue weighted by molar-refractivity contribution is -0.0533. The lowest BCUT2D eigenvalue weighted by Crippen LogP contribution is -2.47. The molecule has 7 heteroatoms. The van der Waals surface area contributed by atoms with Crippen LogP contribution in [0.4, 0.5) is 4.39 Å². The predicted molar refractivity (Wildman–Crippen MR) is 92.7 cm³/mol. The molecule has 1 aliphatic rings. The van der Waals surface area contributed by atoms with Crippen molar-refractivity contribution in [2.75, 3.05) is 40.3 Å². The summed E-state index contributed by atoms with van der Waals surface area (Å²) in [6.07, 6.45) is 0.166. The summed E-state index contributed by atoms with van der Waals surface area (Å²) >= 11 is 0. The number of benzene rings is 1. The third-order valence-electron chi connectivity index (χ3n) is 4.52. The highest BCUT2D eigenvalue weighted by molar-refractivity contribution is 5.54. The maximum Gasteiger partial charge on any atom is 0.244 e. The summed E-state index contributed by atoms with van der Waals surface area (Å²) in [4.78, 5) is 8.88. The Morgan fingerprint density at radius 1 is 1.40 bits per heavy atom. The van der Waals surface area contributed by atoms with Crippen LogP contribution in [-0.2, 0) is 4.74 Å². The van der Waals surface area contributed by atoms with Gasteiger partial charge in [0.1, 0.15) is 5.82 Å². The monoisotopic (exact) mass is 348 g/mol. The summed E-state index contributed by atoms with van der Waals surface area (Å²) in [5.41, 5.74) is 1.22. The molecule has 0 aliphatic carbocycles. The van der Waals surface area contributed by atoms with Crippen molar-refractivity contribution in [1.29, 1.82) is 0 Å². The van der Waals surface area contributed by atoms with E-state index in [0.29, 0.717) is 29.4 Å². The summed E-state index contributed by atoms with van der Waals surface area (Å²) in [7, 11) is 4.08. The standard InChI is InChI=1S/C18H25FN4O2/c1-12-5-6-14(9-16(12)19)17-20-18(25-21-17)13(2)23-7-8-24-15(11-23)10-22(3)4/h5-6,9,13,15H,7-8,10-11H2,1-4H3/t13-,15+/m0/s1. The van der Waals surface area contributed by atoms with Crippen molar-refractivity contribution in [1.82, 2.24) is 19.9 Å². The molecular weight excluding hydrogens is 323 g/mol. The number of aromatic nitrogens is 2. The van der Waals surface area contributed by atoms with Crippen LogP contribution in [0.25, 0.3) is 11.4 Å². The summed E-state index contributed by atoms with van der Waals surface area (Å²) in [5, 5.41) is 4.02. The Kier molecular flexibility index (Phi) is 5.46. The van der Waals surface area contributed by atoms with E-state index in [2.05, 4.69) is 19.9 Å². The third-order valence-corrected chi connectivity index (χ3v) is 4.52. The summed E-state index contributed by atoms with van der Waals surface area (Å²) in [5.74, 6) is 0.692. The molecule has 1 aromatic carbocycles. The van der Waals surface area contributed by atoms with Crippen LogP contribution < -0.4 is 0 Å². The molecule has 1 fully saturated rings. The van der Waals surface area contributed by atoms with E-state index in [-0.39, 0.29) is 18.0 Å². The van der Waals surface area contributed by atoms with Crippen molar-refractivity contribution in [2.45, 2.75) is 26.0 Å². The number of morpholine rings is 1. The SMILES string of the molecule is Cc1ccc(-c2noc([C@H](C)N3CCO[C@H](CN(C)C)C3)n2)cc1F. The van der Waals surface area contributed by atoms with E-state index in [1.54, 1.807) is 19.1 Å². The largest absolute Gasteiger partial charge is 0.374 e. The van der Waals surface area contributed by atoms with Crippen LogP contribution in [-0.4, -0.2) is 66.4 Å². The molecule has 136 valence electrons. The van der Waals surface area contributed by atoms with Gasteiger partial charge in [-0.2, -0.15) is 4.98 Å². The van der Waals surface area contributed by atoms with Crippen LogP contribution in [0.2, 0.25) is 0 Å². The zero-order valence-corrected chi connectivity index (χ0v) is 15.2. The molecular formula is C18H25FN4O2. The van der Waals surface area contributed by atoms with Crippen LogP contribution in [0.3, 0.4) is 0 Å². The first-order valence-electron chi connectivity index (χ1n) is 8.54. The van der Waals surface area contributed by atoms with Gasteiger partial charge >= 0.3 is 0 Å². The molecule has 0 saturated carbocycles. The molecule has 2 atom stereocenters. The average Bonchev–Trinajstić information content (AvgIpc) is 3.06. The molecule has 2 heterocycles. The van der Waals surface area contributed by atoms with Crippen LogP contribution in [0.1, 0.15) is 24.4 Å². The number of halogens is 1. The molecule has 1 aromatic heterocycles. The second-order valence-corrected chi connectivity index (χ2v) is 6.85. The first-order chi connectivity index (χ1) is 11.9. The molecule has 0 spiro atoms. The third kappa shape index (κ3) is 4.23. The van der Waals surface area contributed by atoms with Gasteiger partial charge < -0.3 is 14.2 Å². The fraction of sp³-hybridized carbons (Fsp3) is 0.556. The Morgan fingerprint density at radius 3 is 2.92 bits per heavy atom. The zero-order chi connectivity index (χ0) is 18.0. The highest BCUT2D eigenvalue weighted by atomic mass is 19.1. The topological polar surface area (TPSA) is 54.6 Å². The van der Waals surface area contributed by atoms with Crippen LogP contribution in [0, 0.1) is 12.7 Å². The Hall–Kier alpha value is -1.83. The number of nitrogens with zero attached hydrogens (tertiary/aromatic N) is 4. The van der Waals surface area contributed by atoms with Gasteiger partial charge in [-0.15, -0.1) is 0 Å². The fourth-order valence-electron chi connectivity index (χ4n) is 3.02. The van der Waals surface area contributed by atoms with Crippen molar-refractivity contribution >= 4 is 0 Å². The van der Waals surface area contributed by atoms with Gasteiger partial charge in [0, 0.05) is 25.2 Å². The quantitative estimate of drug-likeness (QED) is 0.828. The first kappa shape index (κ1) is 18.0. The van der Waals surface area contributed by atoms with E-state index in [1.165, 1.54) is 6.07 Å². The van der Waals surface area contributed by atoms with Gasteiger partial charge in [-0.1, -0.05) is 17.3 Å². The summed E-state index contributed by atoms with van der Waals surface area (Å²) in [6.45, 7) is 6.97. The predicted octanol–water partition coefficient (Wildman–Crippen LogP) is 2.51. The molecule has 2 aromatic rings. The van der Waals surface area contributed by atoms with Crippen LogP contribution in [0.15, 0.2) is 22.7 Å². The highest BCUT2D eigenvalue weighted by Crippen LogP contribution is 2.25. The molecule has 0 amide bonds. The maximum absolute atomic E-state index is 13.8. The van der Waals surface area contributed by atoms with Gasteiger partial charge in [0.05, 0.1) is 18.8 Å². The van der Waals surface area contributed by atoms with Crippen LogP contribution in [0.5, 0.6) is 0 Å². The number of hydrogen-bond acceptors (Lipinski definition) is 6. The van der Waals surface area contributed by atoms with Gasteiger partial charge in [-0.3, -0.25) is 4.90 Å². The number of aryl methyl sites for hydroxylation is 1. The molecule has 0 unspecified atom stereocenters. The summed E-state index contributed by atoms with van der Waals surface area (Å²) in [6, 6.07) is 4.96. The number of hydrogen-bond donors (Lipinski definition) is 0.